The van der Waals surface area contributed by atoms with Gasteiger partial charge in [0, 0.05) is 87.7 Å². The molecule has 7 unspecified atom stereocenters. The summed E-state index contributed by atoms with van der Waals surface area (Å²) in [6, 6.07) is 6.24. The summed E-state index contributed by atoms with van der Waals surface area (Å²) < 4.78 is 0. The third-order valence-electron chi connectivity index (χ3n) is 12.5. The minimum atomic E-state index is -1.55. The highest BCUT2D eigenvalue weighted by Crippen LogP contribution is 2.19. The van der Waals surface area contributed by atoms with E-state index >= 15 is 0 Å². The number of imidazole rings is 1. The molecule has 1 fully saturated rings. The first-order valence-corrected chi connectivity index (χ1v) is 25.4. The van der Waals surface area contributed by atoms with Crippen molar-refractivity contribution in [1.82, 2.24) is 62.8 Å². The number of nitrogens with two attached hydrogens (primary N) is 3. The molecule has 1 aliphatic heterocycles. The third-order valence-corrected chi connectivity index (χ3v) is 12.5. The largest absolute Gasteiger partial charge is 0.370 e. The molecule has 17 N–H and O–H groups in total. The van der Waals surface area contributed by atoms with Gasteiger partial charge in [0.2, 0.25) is 59.1 Å². The van der Waals surface area contributed by atoms with Crippen LogP contribution in [-0.2, 0) is 67.2 Å². The number of aromatic amines is 2. The number of carbonyl (C=O) groups excluding carboxylic acids is 10. The normalized spacial score (nSPS) is 20.2. The van der Waals surface area contributed by atoms with Crippen LogP contribution in [0.4, 0.5) is 0 Å². The third kappa shape index (κ3) is 19.4. The van der Waals surface area contributed by atoms with Gasteiger partial charge in [-0.3, -0.25) is 52.9 Å². The Balaban J connectivity index is 1.51. The van der Waals surface area contributed by atoms with Gasteiger partial charge in [0.05, 0.1) is 6.33 Å². The van der Waals surface area contributed by atoms with E-state index in [2.05, 4.69) is 67.8 Å². The second kappa shape index (κ2) is 29.9. The number of H-pyrrole nitrogens is 2. The Bertz CT molecular complexity index is 2710. The summed E-state index contributed by atoms with van der Waals surface area (Å²) in [6.07, 6.45) is 4.48. The summed E-state index contributed by atoms with van der Waals surface area (Å²) in [6.45, 7) is 2.39. The minimum absolute atomic E-state index is 0.0251. The molecule has 0 spiro atoms. The number of nitrogens with one attached hydrogen (secondary N) is 11. The fourth-order valence-electron chi connectivity index (χ4n) is 8.41. The van der Waals surface area contributed by atoms with Gasteiger partial charge in [-0.05, 0) is 42.9 Å². The van der Waals surface area contributed by atoms with Gasteiger partial charge in [0.1, 0.15) is 42.3 Å². The number of benzene rings is 2. The predicted molar refractivity (Wildman–Crippen MR) is 282 cm³/mol. The van der Waals surface area contributed by atoms with Crippen molar-refractivity contribution in [3.63, 3.8) is 0 Å². The summed E-state index contributed by atoms with van der Waals surface area (Å²) in [7, 11) is 0. The summed E-state index contributed by atoms with van der Waals surface area (Å²) in [5, 5.41) is 24.5. The Kier molecular flexibility index (Phi) is 22.9. The van der Waals surface area contributed by atoms with E-state index in [1.165, 1.54) is 19.4 Å². The summed E-state index contributed by atoms with van der Waals surface area (Å²) >= 11 is 0. The van der Waals surface area contributed by atoms with Crippen molar-refractivity contribution in [3.8, 4) is 0 Å². The monoisotopic (exact) mass is 1070 g/mol. The molecule has 10 amide bonds. The van der Waals surface area contributed by atoms with Crippen LogP contribution in [0.2, 0.25) is 0 Å². The van der Waals surface area contributed by atoms with Crippen LogP contribution in [0.15, 0.2) is 78.3 Å². The van der Waals surface area contributed by atoms with Crippen LogP contribution in [0, 0.1) is 0 Å². The summed E-state index contributed by atoms with van der Waals surface area (Å²) in [5.74, 6) is -8.11. The highest BCUT2D eigenvalue weighted by atomic mass is 16.2. The number of hydrogen-bond donors (Lipinski definition) is 14. The first kappa shape index (κ1) is 59.0. The zero-order valence-corrected chi connectivity index (χ0v) is 43.1. The van der Waals surface area contributed by atoms with Crippen molar-refractivity contribution in [3.05, 3.63) is 90.1 Å². The van der Waals surface area contributed by atoms with Gasteiger partial charge in [-0.2, -0.15) is 0 Å². The number of primary amides is 1. The van der Waals surface area contributed by atoms with Gasteiger partial charge in [-0.15, -0.1) is 0 Å². The Morgan fingerprint density at radius 2 is 1.42 bits per heavy atom. The quantitative estimate of drug-likeness (QED) is 0.0262. The molecule has 26 nitrogen and oxygen atoms in total. The van der Waals surface area contributed by atoms with Crippen molar-refractivity contribution >= 4 is 75.9 Å². The Morgan fingerprint density at radius 3 is 2.09 bits per heavy atom. The van der Waals surface area contributed by atoms with Crippen LogP contribution < -0.4 is 65.1 Å². The number of amides is 10. The first-order valence-electron chi connectivity index (χ1n) is 25.4. The molecular weight excluding hydrogens is 997 g/mol. The molecule has 7 atom stereocenters. The smallest absolute Gasteiger partial charge is 0.245 e. The van der Waals surface area contributed by atoms with E-state index in [1.807, 2.05) is 31.2 Å². The number of hydrogen-bond acceptors (Lipinski definition) is 12. The standard InChI is InChI=1S/C51H70N16O10/c1-3-4-14-35(61-29(2)68)45(72)67-41-27-59-43(70)18-17-42(69)56-21-19-37(47(74)64-38(44(52)71)23-31-25-58-34-15-9-8-13-33(31)34)63-46(73)36(16-10-20-57-51(53)54)62-48(75)39(22-30-11-6-5-7-12-30)65-49(76)40(66-50(41)77)24-32-26-55-28-60-32/h5-9,11-13,15,25-26,28,35-41,58H,3-4,10,14,16-24,27H2,1-2H3,(H2,52,71)(H,55,60)(H,56,69)(H,59,70)(H,61,68)(H,62,75)(H,63,73)(H,64,74)(H,65,76)(H,66,77)(H,67,72)(H4,53,54,57). The number of unbranched alkanes of at least 4 members (excludes halogenated alkanes) is 1. The molecule has 2 aromatic heterocycles. The van der Waals surface area contributed by atoms with Crippen molar-refractivity contribution in [2.75, 3.05) is 19.6 Å². The topological polar surface area (TPSA) is 414 Å². The van der Waals surface area contributed by atoms with Gasteiger partial charge in [0.15, 0.2) is 5.96 Å². The molecule has 2 aromatic carbocycles. The second-order valence-corrected chi connectivity index (χ2v) is 18.6. The molecule has 77 heavy (non-hydrogen) atoms. The average molecular weight is 1070 g/mol. The molecule has 0 bridgehead atoms. The minimum Gasteiger partial charge on any atom is -0.370 e. The first-order chi connectivity index (χ1) is 36.9. The number of guanidine groups is 1. The second-order valence-electron chi connectivity index (χ2n) is 18.6. The van der Waals surface area contributed by atoms with Crippen LogP contribution in [0.3, 0.4) is 0 Å². The number of aromatic nitrogens is 3. The lowest BCUT2D eigenvalue weighted by Crippen LogP contribution is -2.62. The zero-order valence-electron chi connectivity index (χ0n) is 43.1. The van der Waals surface area contributed by atoms with Crippen LogP contribution >= 0.6 is 0 Å². The molecular formula is C51H70N16O10. The van der Waals surface area contributed by atoms with Crippen LogP contribution in [0.25, 0.3) is 10.9 Å². The van der Waals surface area contributed by atoms with Crippen molar-refractivity contribution < 1.29 is 47.9 Å². The highest BCUT2D eigenvalue weighted by molar-refractivity contribution is 5.98. The maximum atomic E-state index is 14.7. The van der Waals surface area contributed by atoms with Crippen LogP contribution in [0.1, 0.15) is 82.0 Å². The van der Waals surface area contributed by atoms with E-state index in [0.717, 1.165) is 10.9 Å². The lowest BCUT2D eigenvalue weighted by Gasteiger charge is -2.28. The molecule has 4 aromatic rings. The van der Waals surface area contributed by atoms with E-state index in [9.17, 15) is 47.9 Å². The fraction of sp³-hybridized carbons (Fsp3) is 0.451. The SMILES string of the molecule is CCCCC(NC(C)=O)C(=O)NC1CNC(=O)CCC(=O)NCCC(C(=O)NC(Cc2c[nH]c3ccccc23)C(N)=O)NC(=O)C(CCCN=C(N)N)NC(=O)C(Cc2ccccc2)NC(=O)C(Cc2cnc[nH]2)NC1=O. The van der Waals surface area contributed by atoms with E-state index in [-0.39, 0.29) is 70.4 Å². The Hall–Kier alpha value is -8.84. The van der Waals surface area contributed by atoms with Gasteiger partial charge in [-0.1, -0.05) is 68.3 Å². The van der Waals surface area contributed by atoms with Crippen molar-refractivity contribution in [2.45, 2.75) is 127 Å². The molecule has 26 heteroatoms. The van der Waals surface area contributed by atoms with Crippen molar-refractivity contribution in [2.24, 2.45) is 22.2 Å². The predicted octanol–water partition coefficient (Wildman–Crippen LogP) is -2.52. The van der Waals surface area contributed by atoms with E-state index in [4.69, 9.17) is 17.2 Å². The number of rotatable bonds is 19. The Morgan fingerprint density at radius 1 is 0.753 bits per heavy atom. The van der Waals surface area contributed by atoms with Gasteiger partial charge in [-0.25, -0.2) is 4.98 Å². The summed E-state index contributed by atoms with van der Waals surface area (Å²) in [4.78, 5) is 152. The maximum Gasteiger partial charge on any atom is 0.245 e. The molecule has 1 saturated heterocycles. The lowest BCUT2D eigenvalue weighted by atomic mass is 10.0. The van der Waals surface area contributed by atoms with Gasteiger partial charge in [0.25, 0.3) is 0 Å². The van der Waals surface area contributed by atoms with Crippen LogP contribution in [-0.4, -0.2) is 142 Å². The van der Waals surface area contributed by atoms with E-state index in [0.29, 0.717) is 29.7 Å². The zero-order chi connectivity index (χ0) is 55.9. The average Bonchev–Trinajstić information content (AvgIpc) is 4.08. The Labute approximate surface area is 444 Å². The number of nitrogens with zero attached hydrogens (tertiary/aromatic N) is 2. The maximum absolute atomic E-state index is 14.7. The number of fused-ring (bicyclic) bond motifs is 1. The summed E-state index contributed by atoms with van der Waals surface area (Å²) in [5.41, 5.74) is 19.4. The highest BCUT2D eigenvalue weighted by Gasteiger charge is 2.35. The molecule has 1 aliphatic rings. The van der Waals surface area contributed by atoms with E-state index < -0.39 is 114 Å². The molecule has 3 heterocycles. The molecule has 5 rings (SSSR count). The van der Waals surface area contributed by atoms with Crippen LogP contribution in [0.5, 0.6) is 0 Å². The number of carbonyl (C=O) groups is 10. The molecule has 0 saturated carbocycles. The number of para-hydroxylation sites is 1. The number of aliphatic imine (C=N–C) groups is 1. The molecule has 414 valence electrons. The van der Waals surface area contributed by atoms with Gasteiger partial charge >= 0.3 is 0 Å². The lowest BCUT2D eigenvalue weighted by molar-refractivity contribution is -0.136. The molecule has 0 aliphatic carbocycles. The van der Waals surface area contributed by atoms with E-state index in [1.54, 1.807) is 36.5 Å². The van der Waals surface area contributed by atoms with Gasteiger partial charge < -0.3 is 75.0 Å². The molecule has 0 radical (unpaired) electrons. The van der Waals surface area contributed by atoms with Crippen molar-refractivity contribution in [1.29, 1.82) is 0 Å². The fourth-order valence-corrected chi connectivity index (χ4v) is 8.41.